The first-order valence-electron chi connectivity index (χ1n) is 11.7. The number of nitrogens with one attached hydrogen (secondary N) is 2. The Kier molecular flexibility index (Phi) is 10.1. The van der Waals surface area contributed by atoms with E-state index in [-0.39, 0.29) is 6.04 Å². The Morgan fingerprint density at radius 3 is 2.46 bits per heavy atom. The van der Waals surface area contributed by atoms with Crippen molar-refractivity contribution >= 4 is 17.9 Å². The van der Waals surface area contributed by atoms with Gasteiger partial charge in [0, 0.05) is 11.6 Å². The topological polar surface area (TPSA) is 132 Å². The largest absolute Gasteiger partial charge is 0.444 e. The SMILES string of the molecule is C#Cc1ccccc1C(C(=O)NC1CCCCC1)N(CC#N)C(=O)C(CO)NC(=O)OC(C)(C)C. The second-order valence-electron chi connectivity index (χ2n) is 9.48. The van der Waals surface area contributed by atoms with Gasteiger partial charge in [-0.2, -0.15) is 5.26 Å². The highest BCUT2D eigenvalue weighted by Crippen LogP contribution is 2.27. The fraction of sp³-hybridized carbons (Fsp3) is 0.538. The summed E-state index contributed by atoms with van der Waals surface area (Å²) < 4.78 is 5.19. The van der Waals surface area contributed by atoms with E-state index in [0.29, 0.717) is 11.1 Å². The van der Waals surface area contributed by atoms with E-state index in [2.05, 4.69) is 16.6 Å². The number of carbonyl (C=O) groups excluding carboxylic acids is 3. The maximum atomic E-state index is 13.6. The molecule has 2 unspecified atom stereocenters. The van der Waals surface area contributed by atoms with Crippen molar-refractivity contribution in [3.8, 4) is 18.4 Å². The number of benzene rings is 1. The van der Waals surface area contributed by atoms with Crippen LogP contribution in [0.15, 0.2) is 24.3 Å². The van der Waals surface area contributed by atoms with Gasteiger partial charge in [-0.3, -0.25) is 9.59 Å². The van der Waals surface area contributed by atoms with E-state index in [9.17, 15) is 24.8 Å². The molecule has 0 spiro atoms. The van der Waals surface area contributed by atoms with Gasteiger partial charge in [-0.1, -0.05) is 43.4 Å². The number of terminal acetylenes is 1. The fourth-order valence-electron chi connectivity index (χ4n) is 4.05. The predicted octanol–water partition coefficient (Wildman–Crippen LogP) is 2.40. The molecule has 3 N–H and O–H groups in total. The number of nitrogens with zero attached hydrogens (tertiary/aromatic N) is 2. The van der Waals surface area contributed by atoms with Crippen LogP contribution < -0.4 is 10.6 Å². The average molecular weight is 483 g/mol. The van der Waals surface area contributed by atoms with Gasteiger partial charge in [-0.05, 0) is 45.2 Å². The second kappa shape index (κ2) is 12.8. The first kappa shape index (κ1) is 27.7. The Balaban J connectivity index is 2.43. The molecule has 1 saturated carbocycles. The molecule has 0 aromatic heterocycles. The standard InChI is InChI=1S/C26H34N4O5/c1-5-18-11-9-10-14-20(18)22(23(32)28-19-12-7-6-8-13-19)30(16-15-27)24(33)21(17-31)29-25(34)35-26(2,3)4/h1,9-11,14,19,21-22,31H,6-8,12-13,16-17H2,2-4H3,(H,28,32)(H,29,34). The van der Waals surface area contributed by atoms with E-state index < -0.39 is 48.7 Å². The Morgan fingerprint density at radius 2 is 1.89 bits per heavy atom. The lowest BCUT2D eigenvalue weighted by molar-refractivity contribution is -0.142. The summed E-state index contributed by atoms with van der Waals surface area (Å²) in [5.41, 5.74) is -0.0540. The van der Waals surface area contributed by atoms with Crippen LogP contribution in [-0.2, 0) is 14.3 Å². The molecule has 1 aliphatic carbocycles. The molecule has 188 valence electrons. The minimum atomic E-state index is -1.43. The van der Waals surface area contributed by atoms with Gasteiger partial charge in [0.15, 0.2) is 0 Å². The normalized spacial score (nSPS) is 15.6. The van der Waals surface area contributed by atoms with Crippen molar-refractivity contribution in [1.29, 1.82) is 5.26 Å². The number of ether oxygens (including phenoxy) is 1. The van der Waals surface area contributed by atoms with E-state index in [4.69, 9.17) is 11.2 Å². The molecule has 35 heavy (non-hydrogen) atoms. The zero-order valence-electron chi connectivity index (χ0n) is 20.5. The van der Waals surface area contributed by atoms with Gasteiger partial charge in [-0.25, -0.2) is 4.79 Å². The summed E-state index contributed by atoms with van der Waals surface area (Å²) in [7, 11) is 0. The summed E-state index contributed by atoms with van der Waals surface area (Å²) in [6, 6.07) is 5.88. The molecular formula is C26H34N4O5. The number of hydrogen-bond acceptors (Lipinski definition) is 6. The van der Waals surface area contributed by atoms with Gasteiger partial charge in [0.2, 0.25) is 11.8 Å². The van der Waals surface area contributed by atoms with Crippen LogP contribution in [0.25, 0.3) is 0 Å². The smallest absolute Gasteiger partial charge is 0.408 e. The summed E-state index contributed by atoms with van der Waals surface area (Å²) in [4.78, 5) is 40.4. The third-order valence-corrected chi connectivity index (χ3v) is 5.62. The number of amides is 3. The molecule has 0 heterocycles. The molecule has 2 atom stereocenters. The number of alkyl carbamates (subject to hydrolysis) is 1. The monoisotopic (exact) mass is 482 g/mol. The maximum Gasteiger partial charge on any atom is 0.408 e. The third-order valence-electron chi connectivity index (χ3n) is 5.62. The Bertz CT molecular complexity index is 983. The molecule has 0 saturated heterocycles. The van der Waals surface area contributed by atoms with Gasteiger partial charge in [-0.15, -0.1) is 6.42 Å². The molecule has 9 nitrogen and oxygen atoms in total. The van der Waals surface area contributed by atoms with E-state index >= 15 is 0 Å². The molecule has 0 radical (unpaired) electrons. The van der Waals surface area contributed by atoms with Crippen molar-refractivity contribution in [3.05, 3.63) is 35.4 Å². The lowest BCUT2D eigenvalue weighted by Crippen LogP contribution is -2.55. The molecule has 0 bridgehead atoms. The van der Waals surface area contributed by atoms with Crippen LogP contribution in [0.5, 0.6) is 0 Å². The quantitative estimate of drug-likeness (QED) is 0.385. The molecule has 3 amide bonds. The second-order valence-corrected chi connectivity index (χ2v) is 9.48. The molecule has 1 aromatic rings. The van der Waals surface area contributed by atoms with Crippen molar-refractivity contribution in [2.45, 2.75) is 76.6 Å². The molecule has 1 fully saturated rings. The maximum absolute atomic E-state index is 13.6. The Hall–Kier alpha value is -3.56. The van der Waals surface area contributed by atoms with Gasteiger partial charge in [0.05, 0.1) is 12.7 Å². The highest BCUT2D eigenvalue weighted by atomic mass is 16.6. The molecular weight excluding hydrogens is 448 g/mol. The van der Waals surface area contributed by atoms with Crippen LogP contribution in [0.2, 0.25) is 0 Å². The van der Waals surface area contributed by atoms with Gasteiger partial charge in [0.25, 0.3) is 0 Å². The van der Waals surface area contributed by atoms with Crippen LogP contribution in [-0.4, -0.2) is 58.8 Å². The Morgan fingerprint density at radius 1 is 1.23 bits per heavy atom. The minimum absolute atomic E-state index is 0.0516. The number of hydrogen-bond donors (Lipinski definition) is 3. The van der Waals surface area contributed by atoms with Crippen LogP contribution in [0.3, 0.4) is 0 Å². The van der Waals surface area contributed by atoms with E-state index in [1.807, 2.05) is 6.07 Å². The number of aliphatic hydroxyl groups excluding tert-OH is 1. The van der Waals surface area contributed by atoms with Gasteiger partial charge in [0.1, 0.15) is 24.2 Å². The van der Waals surface area contributed by atoms with Crippen molar-refractivity contribution in [2.75, 3.05) is 13.2 Å². The number of rotatable bonds is 8. The lowest BCUT2D eigenvalue weighted by Gasteiger charge is -2.34. The molecule has 9 heteroatoms. The Labute approximate surface area is 206 Å². The highest BCUT2D eigenvalue weighted by molar-refractivity contribution is 5.92. The molecule has 0 aliphatic heterocycles. The van der Waals surface area contributed by atoms with Crippen LogP contribution in [0.4, 0.5) is 4.79 Å². The van der Waals surface area contributed by atoms with Crippen molar-refractivity contribution < 1.29 is 24.2 Å². The average Bonchev–Trinajstić information content (AvgIpc) is 2.81. The summed E-state index contributed by atoms with van der Waals surface area (Å²) in [6.45, 7) is 3.76. The van der Waals surface area contributed by atoms with Crippen molar-refractivity contribution in [1.82, 2.24) is 15.5 Å². The van der Waals surface area contributed by atoms with Crippen molar-refractivity contribution in [2.24, 2.45) is 0 Å². The number of carbonyl (C=O) groups is 3. The van der Waals surface area contributed by atoms with Crippen molar-refractivity contribution in [3.63, 3.8) is 0 Å². The zero-order valence-corrected chi connectivity index (χ0v) is 20.5. The third kappa shape index (κ3) is 8.01. The number of nitriles is 1. The summed E-state index contributed by atoms with van der Waals surface area (Å²) in [5, 5.41) is 24.7. The van der Waals surface area contributed by atoms with E-state index in [1.165, 1.54) is 0 Å². The molecule has 1 aliphatic rings. The van der Waals surface area contributed by atoms with Crippen LogP contribution >= 0.6 is 0 Å². The minimum Gasteiger partial charge on any atom is -0.444 e. The summed E-state index contributed by atoms with van der Waals surface area (Å²) in [5.74, 6) is 1.25. The fourth-order valence-corrected chi connectivity index (χ4v) is 4.05. The summed E-state index contributed by atoms with van der Waals surface area (Å²) >= 11 is 0. The van der Waals surface area contributed by atoms with Gasteiger partial charge < -0.3 is 25.4 Å². The van der Waals surface area contributed by atoms with Gasteiger partial charge >= 0.3 is 6.09 Å². The first-order valence-corrected chi connectivity index (χ1v) is 11.7. The van der Waals surface area contributed by atoms with E-state index in [0.717, 1.165) is 37.0 Å². The lowest BCUT2D eigenvalue weighted by atomic mass is 9.93. The highest BCUT2D eigenvalue weighted by Gasteiger charge is 2.37. The summed E-state index contributed by atoms with van der Waals surface area (Å²) in [6.07, 6.45) is 9.48. The molecule has 1 aromatic carbocycles. The zero-order chi connectivity index (χ0) is 26.0. The van der Waals surface area contributed by atoms with Crippen LogP contribution in [0, 0.1) is 23.7 Å². The van der Waals surface area contributed by atoms with Crippen LogP contribution in [0.1, 0.15) is 70.0 Å². The predicted molar refractivity (Wildman–Crippen MR) is 130 cm³/mol. The number of aliphatic hydroxyl groups is 1. The van der Waals surface area contributed by atoms with E-state index in [1.54, 1.807) is 45.0 Å². The first-order chi connectivity index (χ1) is 16.6. The molecule has 2 rings (SSSR count).